The number of fused-ring (bicyclic) bond motifs is 1. The van der Waals surface area contributed by atoms with Crippen molar-refractivity contribution in [2.45, 2.75) is 24.3 Å². The minimum Gasteiger partial charge on any atom is -0.493 e. The van der Waals surface area contributed by atoms with Gasteiger partial charge in [0.1, 0.15) is 5.75 Å². The number of nitrogens with one attached hydrogen (secondary N) is 2. The normalized spacial score (nSPS) is 17.5. The van der Waals surface area contributed by atoms with Gasteiger partial charge < -0.3 is 10.1 Å². The molecule has 3 rings (SSSR count). The molecule has 0 fully saturated rings. The van der Waals surface area contributed by atoms with Crippen molar-refractivity contribution in [3.63, 3.8) is 0 Å². The van der Waals surface area contributed by atoms with Crippen LogP contribution in [0.5, 0.6) is 5.75 Å². The Kier molecular flexibility index (Phi) is 6.04. The number of hydrogen-bond donors (Lipinski definition) is 2. The smallest absolute Gasteiger partial charge is 0.241 e. The van der Waals surface area contributed by atoms with E-state index in [0.29, 0.717) is 18.2 Å². The molecule has 1 heterocycles. The molecule has 0 saturated heterocycles. The van der Waals surface area contributed by atoms with E-state index in [2.05, 4.69) is 10.0 Å². The summed E-state index contributed by atoms with van der Waals surface area (Å²) in [5.74, 6) is 0.638. The van der Waals surface area contributed by atoms with Crippen molar-refractivity contribution >= 4 is 27.5 Å². The molecule has 6 nitrogen and oxygen atoms in total. The highest BCUT2D eigenvalue weighted by Crippen LogP contribution is 2.26. The zero-order valence-electron chi connectivity index (χ0n) is 14.8. The third kappa shape index (κ3) is 5.00. The second-order valence-electron chi connectivity index (χ2n) is 6.53. The predicted octanol–water partition coefficient (Wildman–Crippen LogP) is 2.37. The van der Waals surface area contributed by atoms with Crippen LogP contribution in [-0.2, 0) is 21.2 Å². The van der Waals surface area contributed by atoms with Crippen molar-refractivity contribution < 1.29 is 17.9 Å². The largest absolute Gasteiger partial charge is 0.493 e. The van der Waals surface area contributed by atoms with Gasteiger partial charge in [0, 0.05) is 17.5 Å². The Balaban J connectivity index is 1.53. The third-order valence-electron chi connectivity index (χ3n) is 4.37. The second-order valence-corrected chi connectivity index (χ2v) is 8.68. The van der Waals surface area contributed by atoms with Gasteiger partial charge in [-0.2, -0.15) is 4.72 Å². The number of amides is 1. The Hall–Kier alpha value is -2.09. The number of rotatable bonds is 6. The number of ether oxygens (including phenoxy) is 1. The van der Waals surface area contributed by atoms with E-state index in [1.807, 2.05) is 24.3 Å². The number of hydrogen-bond acceptors (Lipinski definition) is 4. The van der Waals surface area contributed by atoms with Gasteiger partial charge in [-0.3, -0.25) is 4.79 Å². The fraction of sp³-hybridized carbons (Fsp3) is 0.316. The highest BCUT2D eigenvalue weighted by Gasteiger charge is 2.24. The molecule has 2 aromatic rings. The molecule has 0 spiro atoms. The molecule has 0 saturated carbocycles. The lowest BCUT2D eigenvalue weighted by Crippen LogP contribution is -2.46. The van der Waals surface area contributed by atoms with Crippen LogP contribution in [0.3, 0.4) is 0 Å². The van der Waals surface area contributed by atoms with E-state index in [9.17, 15) is 13.2 Å². The van der Waals surface area contributed by atoms with Gasteiger partial charge in [0.2, 0.25) is 15.9 Å². The molecular formula is C19H21ClN2O4S. The SMILES string of the molecule is C[C@H](NS(=O)(=O)c1ccc(Cl)cc1)C(=O)NCC1COc2ccccc2C1. The van der Waals surface area contributed by atoms with Gasteiger partial charge in [0.05, 0.1) is 17.5 Å². The summed E-state index contributed by atoms with van der Waals surface area (Å²) in [6.45, 7) is 2.44. The lowest BCUT2D eigenvalue weighted by Gasteiger charge is -2.26. The van der Waals surface area contributed by atoms with Gasteiger partial charge in [0.15, 0.2) is 0 Å². The van der Waals surface area contributed by atoms with E-state index < -0.39 is 16.1 Å². The van der Waals surface area contributed by atoms with Crippen LogP contribution >= 0.6 is 11.6 Å². The van der Waals surface area contributed by atoms with Crippen LogP contribution in [0.4, 0.5) is 0 Å². The van der Waals surface area contributed by atoms with Crippen LogP contribution in [0, 0.1) is 5.92 Å². The lowest BCUT2D eigenvalue weighted by molar-refractivity contribution is -0.122. The molecule has 0 radical (unpaired) electrons. The zero-order valence-corrected chi connectivity index (χ0v) is 16.4. The lowest BCUT2D eigenvalue weighted by atomic mass is 9.97. The Bertz CT molecular complexity index is 916. The number of benzene rings is 2. The Morgan fingerprint density at radius 2 is 1.93 bits per heavy atom. The standard InChI is InChI=1S/C19H21ClN2O4S/c1-13(22-27(24,25)17-8-6-16(20)7-9-17)19(23)21-11-14-10-15-4-2-3-5-18(15)26-12-14/h2-9,13-14,22H,10-12H2,1H3,(H,21,23)/t13-,14?/m0/s1. The zero-order chi connectivity index (χ0) is 19.4. The summed E-state index contributed by atoms with van der Waals surface area (Å²) in [6, 6.07) is 12.7. The highest BCUT2D eigenvalue weighted by atomic mass is 35.5. The van der Waals surface area contributed by atoms with Gasteiger partial charge in [0.25, 0.3) is 0 Å². The molecule has 2 N–H and O–H groups in total. The first-order valence-electron chi connectivity index (χ1n) is 8.61. The van der Waals surface area contributed by atoms with E-state index in [-0.39, 0.29) is 16.7 Å². The molecule has 0 aliphatic carbocycles. The van der Waals surface area contributed by atoms with Crippen molar-refractivity contribution in [2.75, 3.05) is 13.2 Å². The van der Waals surface area contributed by atoms with E-state index in [0.717, 1.165) is 17.7 Å². The van der Waals surface area contributed by atoms with Crippen molar-refractivity contribution in [1.82, 2.24) is 10.0 Å². The number of halogens is 1. The molecule has 0 bridgehead atoms. The molecule has 1 aliphatic heterocycles. The van der Waals surface area contributed by atoms with Crippen LogP contribution < -0.4 is 14.8 Å². The maximum absolute atomic E-state index is 12.3. The van der Waals surface area contributed by atoms with Crippen LogP contribution in [0.1, 0.15) is 12.5 Å². The summed E-state index contributed by atoms with van der Waals surface area (Å²) >= 11 is 5.77. The molecule has 2 atom stereocenters. The molecule has 1 unspecified atom stereocenters. The summed E-state index contributed by atoms with van der Waals surface area (Å²) in [5, 5.41) is 3.24. The molecular weight excluding hydrogens is 388 g/mol. The Morgan fingerprint density at radius 1 is 1.22 bits per heavy atom. The van der Waals surface area contributed by atoms with Gasteiger partial charge in [-0.25, -0.2) is 8.42 Å². The quantitative estimate of drug-likeness (QED) is 0.768. The van der Waals surface area contributed by atoms with Gasteiger partial charge in [-0.05, 0) is 49.2 Å². The minimum atomic E-state index is -3.80. The monoisotopic (exact) mass is 408 g/mol. The minimum absolute atomic E-state index is 0.0591. The first-order valence-corrected chi connectivity index (χ1v) is 10.5. The average Bonchev–Trinajstić information content (AvgIpc) is 2.66. The summed E-state index contributed by atoms with van der Waals surface area (Å²) in [5.41, 5.74) is 1.11. The predicted molar refractivity (Wildman–Crippen MR) is 103 cm³/mol. The number of carbonyl (C=O) groups is 1. The number of carbonyl (C=O) groups excluding carboxylic acids is 1. The molecule has 1 aliphatic rings. The molecule has 8 heteroatoms. The summed E-state index contributed by atoms with van der Waals surface area (Å²) in [6.07, 6.45) is 0.807. The average molecular weight is 409 g/mol. The van der Waals surface area contributed by atoms with Crippen LogP contribution in [-0.4, -0.2) is 33.5 Å². The second kappa shape index (κ2) is 8.29. The molecule has 144 valence electrons. The van der Waals surface area contributed by atoms with Crippen LogP contribution in [0.15, 0.2) is 53.4 Å². The van der Waals surface area contributed by atoms with Crippen molar-refractivity contribution in [3.8, 4) is 5.75 Å². The van der Waals surface area contributed by atoms with Gasteiger partial charge in [-0.15, -0.1) is 0 Å². The van der Waals surface area contributed by atoms with E-state index >= 15 is 0 Å². The topological polar surface area (TPSA) is 84.5 Å². The fourth-order valence-corrected chi connectivity index (χ4v) is 4.22. The molecule has 1 amide bonds. The van der Waals surface area contributed by atoms with Crippen molar-refractivity contribution in [1.29, 1.82) is 0 Å². The highest BCUT2D eigenvalue weighted by molar-refractivity contribution is 7.89. The van der Waals surface area contributed by atoms with Crippen LogP contribution in [0.2, 0.25) is 5.02 Å². The van der Waals surface area contributed by atoms with Gasteiger partial charge >= 0.3 is 0 Å². The molecule has 27 heavy (non-hydrogen) atoms. The summed E-state index contributed by atoms with van der Waals surface area (Å²) in [7, 11) is -3.80. The van der Waals surface area contributed by atoms with Crippen molar-refractivity contribution in [3.05, 3.63) is 59.1 Å². The fourth-order valence-electron chi connectivity index (χ4n) is 2.89. The Labute approximate surface area is 163 Å². The molecule has 0 aromatic heterocycles. The van der Waals surface area contributed by atoms with E-state index in [4.69, 9.17) is 16.3 Å². The van der Waals surface area contributed by atoms with Crippen molar-refractivity contribution in [2.24, 2.45) is 5.92 Å². The Morgan fingerprint density at radius 3 is 2.67 bits per heavy atom. The van der Waals surface area contributed by atoms with Crippen LogP contribution in [0.25, 0.3) is 0 Å². The molecule has 2 aromatic carbocycles. The maximum atomic E-state index is 12.3. The summed E-state index contributed by atoms with van der Waals surface area (Å²) in [4.78, 5) is 12.4. The van der Waals surface area contributed by atoms with E-state index in [1.54, 1.807) is 0 Å². The number of sulfonamides is 1. The summed E-state index contributed by atoms with van der Waals surface area (Å²) < 4.78 is 32.8. The maximum Gasteiger partial charge on any atom is 0.241 e. The number of para-hydroxylation sites is 1. The van der Waals surface area contributed by atoms with Gasteiger partial charge in [-0.1, -0.05) is 29.8 Å². The first kappa shape index (κ1) is 19.7. The first-order chi connectivity index (χ1) is 12.8. The van der Waals surface area contributed by atoms with E-state index in [1.165, 1.54) is 31.2 Å². The third-order valence-corrected chi connectivity index (χ3v) is 6.18.